The van der Waals surface area contributed by atoms with Crippen molar-refractivity contribution in [3.8, 4) is 11.8 Å². The van der Waals surface area contributed by atoms with Gasteiger partial charge < -0.3 is 9.47 Å². The number of hydrogen-bond acceptors (Lipinski definition) is 6. The summed E-state index contributed by atoms with van der Waals surface area (Å²) < 4.78 is 11.1. The molecule has 1 heterocycles. The molecule has 6 nitrogen and oxygen atoms in total. The van der Waals surface area contributed by atoms with E-state index in [4.69, 9.17) is 32.7 Å². The van der Waals surface area contributed by atoms with E-state index in [1.165, 1.54) is 0 Å². The average molecular weight is 455 g/mol. The number of hydrogen-bond donors (Lipinski definition) is 1. The first-order valence-corrected chi connectivity index (χ1v) is 10.1. The third-order valence-corrected chi connectivity index (χ3v) is 4.92. The van der Waals surface area contributed by atoms with E-state index in [2.05, 4.69) is 21.6 Å². The summed E-state index contributed by atoms with van der Waals surface area (Å²) >= 11 is 12.2. The van der Waals surface area contributed by atoms with Crippen molar-refractivity contribution in [2.24, 2.45) is 5.10 Å². The second kappa shape index (κ2) is 10.8. The van der Waals surface area contributed by atoms with Crippen molar-refractivity contribution in [3.63, 3.8) is 0 Å². The number of nitrogens with zero attached hydrogens (tertiary/aromatic N) is 3. The SMILES string of the molecule is COCc1cc(C)nc(N/N=C/c2ccccc2OCc2ccc(Cl)cc2Cl)c1C#N. The van der Waals surface area contributed by atoms with Crippen molar-refractivity contribution in [2.45, 2.75) is 20.1 Å². The molecule has 0 amide bonds. The number of benzene rings is 2. The number of nitriles is 1. The number of methoxy groups -OCH3 is 1. The Labute approximate surface area is 191 Å². The molecule has 0 aliphatic rings. The van der Waals surface area contributed by atoms with E-state index in [1.54, 1.807) is 25.5 Å². The number of ether oxygens (including phenoxy) is 2. The van der Waals surface area contributed by atoms with Crippen LogP contribution in [0.4, 0.5) is 5.82 Å². The summed E-state index contributed by atoms with van der Waals surface area (Å²) in [6.07, 6.45) is 1.61. The van der Waals surface area contributed by atoms with E-state index >= 15 is 0 Å². The smallest absolute Gasteiger partial charge is 0.164 e. The lowest BCUT2D eigenvalue weighted by atomic mass is 10.1. The molecule has 3 rings (SSSR count). The van der Waals surface area contributed by atoms with Gasteiger partial charge in [-0.1, -0.05) is 41.4 Å². The van der Waals surface area contributed by atoms with Crippen LogP contribution in [-0.4, -0.2) is 18.3 Å². The van der Waals surface area contributed by atoms with Crippen LogP contribution in [0.15, 0.2) is 53.6 Å². The third-order valence-electron chi connectivity index (χ3n) is 4.33. The van der Waals surface area contributed by atoms with Crippen LogP contribution in [0.3, 0.4) is 0 Å². The molecule has 1 N–H and O–H groups in total. The van der Waals surface area contributed by atoms with E-state index in [0.29, 0.717) is 33.8 Å². The highest BCUT2D eigenvalue weighted by molar-refractivity contribution is 6.35. The molecule has 0 atom stereocenters. The maximum absolute atomic E-state index is 9.52. The maximum atomic E-state index is 9.52. The molecule has 8 heteroatoms. The number of para-hydroxylation sites is 1. The van der Waals surface area contributed by atoms with Gasteiger partial charge in [0, 0.05) is 39.5 Å². The Balaban J connectivity index is 1.76. The van der Waals surface area contributed by atoms with E-state index in [9.17, 15) is 5.26 Å². The van der Waals surface area contributed by atoms with E-state index in [-0.39, 0.29) is 6.61 Å². The molecule has 2 aromatic carbocycles. The van der Waals surface area contributed by atoms with Gasteiger partial charge in [-0.25, -0.2) is 4.98 Å². The Morgan fingerprint density at radius 2 is 1.94 bits per heavy atom. The van der Waals surface area contributed by atoms with Crippen LogP contribution >= 0.6 is 23.2 Å². The van der Waals surface area contributed by atoms with E-state index in [0.717, 1.165) is 22.4 Å². The Morgan fingerprint density at radius 1 is 1.13 bits per heavy atom. The highest BCUT2D eigenvalue weighted by Gasteiger charge is 2.11. The van der Waals surface area contributed by atoms with Gasteiger partial charge >= 0.3 is 0 Å². The number of nitrogens with one attached hydrogen (secondary N) is 1. The van der Waals surface area contributed by atoms with E-state index < -0.39 is 0 Å². The van der Waals surface area contributed by atoms with Crippen molar-refractivity contribution in [1.82, 2.24) is 4.98 Å². The zero-order valence-electron chi connectivity index (χ0n) is 17.0. The summed E-state index contributed by atoms with van der Waals surface area (Å²) in [6, 6.07) is 16.7. The van der Waals surface area contributed by atoms with Crippen LogP contribution in [0, 0.1) is 18.3 Å². The maximum Gasteiger partial charge on any atom is 0.164 e. The molecule has 0 spiro atoms. The number of rotatable bonds is 8. The van der Waals surface area contributed by atoms with Gasteiger partial charge in [-0.15, -0.1) is 0 Å². The molecule has 0 unspecified atom stereocenters. The summed E-state index contributed by atoms with van der Waals surface area (Å²) in [4.78, 5) is 4.37. The standard InChI is InChI=1S/C23H20Cl2N4O2/c1-15-9-18(13-30-2)20(11-26)23(28-15)29-27-12-16-5-3-4-6-22(16)31-14-17-7-8-19(24)10-21(17)25/h3-10,12H,13-14H2,1-2H3,(H,28,29)/b27-12+. The van der Waals surface area contributed by atoms with Crippen molar-refractivity contribution in [1.29, 1.82) is 5.26 Å². The van der Waals surface area contributed by atoms with Crippen LogP contribution in [-0.2, 0) is 18.0 Å². The first-order valence-electron chi connectivity index (χ1n) is 9.36. The normalized spacial score (nSPS) is 10.8. The molecule has 0 saturated carbocycles. The fourth-order valence-electron chi connectivity index (χ4n) is 2.89. The molecule has 0 aliphatic carbocycles. The van der Waals surface area contributed by atoms with Crippen molar-refractivity contribution in [2.75, 3.05) is 12.5 Å². The minimum absolute atomic E-state index is 0.284. The topological polar surface area (TPSA) is 79.5 Å². The number of hydrazone groups is 1. The average Bonchev–Trinajstić information content (AvgIpc) is 2.74. The number of aromatic nitrogens is 1. The molecule has 0 bridgehead atoms. The lowest BCUT2D eigenvalue weighted by Gasteiger charge is -2.11. The van der Waals surface area contributed by atoms with Crippen LogP contribution < -0.4 is 10.2 Å². The summed E-state index contributed by atoms with van der Waals surface area (Å²) in [5.41, 5.74) is 6.33. The lowest BCUT2D eigenvalue weighted by molar-refractivity contribution is 0.184. The van der Waals surface area contributed by atoms with Gasteiger partial charge in [0.25, 0.3) is 0 Å². The highest BCUT2D eigenvalue weighted by Crippen LogP contribution is 2.24. The minimum Gasteiger partial charge on any atom is -0.488 e. The highest BCUT2D eigenvalue weighted by atomic mass is 35.5. The van der Waals surface area contributed by atoms with Crippen LogP contribution in [0.5, 0.6) is 5.75 Å². The van der Waals surface area contributed by atoms with Crippen LogP contribution in [0.1, 0.15) is 27.9 Å². The number of anilines is 1. The fourth-order valence-corrected chi connectivity index (χ4v) is 3.35. The van der Waals surface area contributed by atoms with Gasteiger partial charge in [-0.3, -0.25) is 5.43 Å². The number of halogens is 2. The zero-order chi connectivity index (χ0) is 22.2. The molecule has 0 fully saturated rings. The van der Waals surface area contributed by atoms with Gasteiger partial charge in [-0.2, -0.15) is 10.4 Å². The Hall–Kier alpha value is -3.11. The molecule has 3 aromatic rings. The fraction of sp³-hybridized carbons (Fsp3) is 0.174. The Bertz CT molecular complexity index is 1140. The summed E-state index contributed by atoms with van der Waals surface area (Å²) in [6.45, 7) is 2.45. The van der Waals surface area contributed by atoms with E-state index in [1.807, 2.05) is 43.3 Å². The summed E-state index contributed by atoms with van der Waals surface area (Å²) in [5.74, 6) is 1.01. The van der Waals surface area contributed by atoms with Gasteiger partial charge in [-0.05, 0) is 37.3 Å². The monoisotopic (exact) mass is 454 g/mol. The predicted octanol–water partition coefficient (Wildman–Crippen LogP) is 5.74. The first kappa shape index (κ1) is 22.6. The lowest BCUT2D eigenvalue weighted by Crippen LogP contribution is -2.04. The molecule has 0 aliphatic heterocycles. The van der Waals surface area contributed by atoms with Gasteiger partial charge in [0.15, 0.2) is 5.82 Å². The van der Waals surface area contributed by atoms with Crippen molar-refractivity contribution >= 4 is 35.2 Å². The Morgan fingerprint density at radius 3 is 2.68 bits per heavy atom. The molecule has 31 heavy (non-hydrogen) atoms. The quantitative estimate of drug-likeness (QED) is 0.346. The van der Waals surface area contributed by atoms with Gasteiger partial charge in [0.2, 0.25) is 0 Å². The molecule has 158 valence electrons. The van der Waals surface area contributed by atoms with Gasteiger partial charge in [0.05, 0.1) is 12.8 Å². The molecule has 0 saturated heterocycles. The first-order chi connectivity index (χ1) is 15.0. The summed E-state index contributed by atoms with van der Waals surface area (Å²) in [5, 5.41) is 14.9. The molecule has 1 aromatic heterocycles. The molecule has 0 radical (unpaired) electrons. The van der Waals surface area contributed by atoms with Crippen molar-refractivity contribution in [3.05, 3.63) is 86.5 Å². The number of aryl methyl sites for hydroxylation is 1. The predicted molar refractivity (Wildman–Crippen MR) is 123 cm³/mol. The van der Waals surface area contributed by atoms with Crippen LogP contribution in [0.2, 0.25) is 10.0 Å². The Kier molecular flexibility index (Phi) is 7.85. The zero-order valence-corrected chi connectivity index (χ0v) is 18.5. The molecular weight excluding hydrogens is 435 g/mol. The second-order valence-corrected chi connectivity index (χ2v) is 7.47. The van der Waals surface area contributed by atoms with Gasteiger partial charge in [0.1, 0.15) is 24.0 Å². The minimum atomic E-state index is 0.284. The largest absolute Gasteiger partial charge is 0.488 e. The third kappa shape index (κ3) is 5.96. The number of pyridine rings is 1. The molecular formula is C23H20Cl2N4O2. The van der Waals surface area contributed by atoms with Crippen molar-refractivity contribution < 1.29 is 9.47 Å². The second-order valence-electron chi connectivity index (χ2n) is 6.62. The summed E-state index contributed by atoms with van der Waals surface area (Å²) in [7, 11) is 1.58. The van der Waals surface area contributed by atoms with Crippen LogP contribution in [0.25, 0.3) is 0 Å².